The summed E-state index contributed by atoms with van der Waals surface area (Å²) in [4.78, 5) is 0. The molecule has 2 heteroatoms. The van der Waals surface area contributed by atoms with E-state index in [0.717, 1.165) is 23.1 Å². The topological polar surface area (TPSA) is 29.5 Å². The van der Waals surface area contributed by atoms with Gasteiger partial charge >= 0.3 is 0 Å². The Morgan fingerprint density at radius 2 is 1.65 bits per heavy atom. The first-order valence-corrected chi connectivity index (χ1v) is 7.07. The van der Waals surface area contributed by atoms with E-state index >= 15 is 0 Å². The Morgan fingerprint density at radius 1 is 1.00 bits per heavy atom. The van der Waals surface area contributed by atoms with E-state index in [9.17, 15) is 5.11 Å². The zero-order valence-corrected chi connectivity index (χ0v) is 12.2. The molecule has 2 nitrogen and oxygen atoms in total. The predicted molar refractivity (Wildman–Crippen MR) is 81.6 cm³/mol. The van der Waals surface area contributed by atoms with Gasteiger partial charge in [-0.25, -0.2) is 0 Å². The molecule has 0 saturated carbocycles. The molecule has 20 heavy (non-hydrogen) atoms. The summed E-state index contributed by atoms with van der Waals surface area (Å²) in [5.74, 6) is 0. The lowest BCUT2D eigenvalue weighted by Gasteiger charge is -2.15. The first-order chi connectivity index (χ1) is 9.74. The van der Waals surface area contributed by atoms with E-state index in [2.05, 4.69) is 31.2 Å². The van der Waals surface area contributed by atoms with Gasteiger partial charge in [-0.2, -0.15) is 0 Å². The van der Waals surface area contributed by atoms with Crippen molar-refractivity contribution in [2.24, 2.45) is 0 Å². The molecule has 0 spiro atoms. The molecule has 0 aliphatic rings. The van der Waals surface area contributed by atoms with Crippen LogP contribution in [0.25, 0.3) is 0 Å². The van der Waals surface area contributed by atoms with Crippen molar-refractivity contribution < 1.29 is 9.84 Å². The molecule has 0 aliphatic carbocycles. The lowest BCUT2D eigenvalue weighted by Crippen LogP contribution is -2.06. The third-order valence-corrected chi connectivity index (χ3v) is 3.57. The maximum absolute atomic E-state index is 10.5. The second-order valence-electron chi connectivity index (χ2n) is 5.02. The molecule has 0 aliphatic heterocycles. The van der Waals surface area contributed by atoms with E-state index in [4.69, 9.17) is 4.74 Å². The highest BCUT2D eigenvalue weighted by Crippen LogP contribution is 2.22. The van der Waals surface area contributed by atoms with Gasteiger partial charge in [0.05, 0.1) is 12.7 Å². The van der Waals surface area contributed by atoms with Crippen molar-refractivity contribution >= 4 is 0 Å². The molecular weight excluding hydrogens is 248 g/mol. The second-order valence-corrected chi connectivity index (χ2v) is 5.02. The lowest BCUT2D eigenvalue weighted by atomic mass is 9.96. The number of rotatable bonds is 6. The van der Waals surface area contributed by atoms with Crippen LogP contribution in [0, 0.1) is 0 Å². The number of ether oxygens (including phenoxy) is 1. The Balaban J connectivity index is 2.12. The van der Waals surface area contributed by atoms with Crippen LogP contribution in [0.3, 0.4) is 0 Å². The third kappa shape index (κ3) is 3.69. The molecule has 0 radical (unpaired) electrons. The van der Waals surface area contributed by atoms with Gasteiger partial charge in [-0.15, -0.1) is 0 Å². The minimum absolute atomic E-state index is 0.492. The Hall–Kier alpha value is -1.64. The van der Waals surface area contributed by atoms with Crippen molar-refractivity contribution in [1.29, 1.82) is 0 Å². The number of benzene rings is 2. The Labute approximate surface area is 121 Å². The van der Waals surface area contributed by atoms with Crippen LogP contribution in [0.5, 0.6) is 0 Å². The normalized spacial score (nSPS) is 12.3. The van der Waals surface area contributed by atoms with Gasteiger partial charge in [0.15, 0.2) is 0 Å². The number of aliphatic hydroxyl groups excluding tert-OH is 1. The van der Waals surface area contributed by atoms with E-state index < -0.39 is 6.10 Å². The molecule has 0 bridgehead atoms. The van der Waals surface area contributed by atoms with E-state index in [1.165, 1.54) is 5.56 Å². The summed E-state index contributed by atoms with van der Waals surface area (Å²) in [6, 6.07) is 16.4. The van der Waals surface area contributed by atoms with Crippen LogP contribution in [0.1, 0.15) is 35.3 Å². The molecule has 1 unspecified atom stereocenters. The van der Waals surface area contributed by atoms with Crippen LogP contribution in [0.4, 0.5) is 0 Å². The largest absolute Gasteiger partial charge is 0.388 e. The van der Waals surface area contributed by atoms with Gasteiger partial charge in [0.25, 0.3) is 0 Å². The number of hydrogen-bond acceptors (Lipinski definition) is 2. The molecule has 2 aromatic rings. The summed E-state index contributed by atoms with van der Waals surface area (Å²) in [6.45, 7) is 2.67. The quantitative estimate of drug-likeness (QED) is 0.867. The minimum Gasteiger partial charge on any atom is -0.388 e. The maximum Gasteiger partial charge on any atom is 0.0833 e. The van der Waals surface area contributed by atoms with Crippen molar-refractivity contribution in [3.05, 3.63) is 70.8 Å². The van der Waals surface area contributed by atoms with Crippen molar-refractivity contribution in [3.8, 4) is 0 Å². The van der Waals surface area contributed by atoms with Crippen LogP contribution in [-0.4, -0.2) is 12.2 Å². The highest BCUT2D eigenvalue weighted by molar-refractivity contribution is 5.31. The highest BCUT2D eigenvalue weighted by Gasteiger charge is 2.12. The zero-order valence-electron chi connectivity index (χ0n) is 12.2. The third-order valence-electron chi connectivity index (χ3n) is 3.57. The predicted octanol–water partition coefficient (Wildman–Crippen LogP) is 3.67. The molecule has 1 atom stereocenters. The molecule has 2 aromatic carbocycles. The fourth-order valence-electron chi connectivity index (χ4n) is 2.39. The molecule has 1 N–H and O–H groups in total. The summed E-state index contributed by atoms with van der Waals surface area (Å²) in [5.41, 5.74) is 4.48. The lowest BCUT2D eigenvalue weighted by molar-refractivity contribution is 0.161. The second kappa shape index (κ2) is 7.22. The summed E-state index contributed by atoms with van der Waals surface area (Å²) < 4.78 is 5.19. The number of methoxy groups -OCH3 is 1. The van der Waals surface area contributed by atoms with Gasteiger partial charge in [0.2, 0.25) is 0 Å². The maximum atomic E-state index is 10.5. The van der Waals surface area contributed by atoms with Crippen molar-refractivity contribution in [2.45, 2.75) is 32.5 Å². The molecule has 0 saturated heterocycles. The van der Waals surface area contributed by atoms with Gasteiger partial charge in [-0.3, -0.25) is 0 Å². The highest BCUT2D eigenvalue weighted by atomic mass is 16.5. The summed E-state index contributed by atoms with van der Waals surface area (Å²) in [5, 5.41) is 10.5. The zero-order chi connectivity index (χ0) is 14.4. The monoisotopic (exact) mass is 270 g/mol. The fraction of sp³-hybridized carbons (Fsp3) is 0.333. The average Bonchev–Trinajstić information content (AvgIpc) is 2.49. The summed E-state index contributed by atoms with van der Waals surface area (Å²) in [6.07, 6.45) is 1.18. The van der Waals surface area contributed by atoms with E-state index in [0.29, 0.717) is 13.0 Å². The van der Waals surface area contributed by atoms with Crippen molar-refractivity contribution in [1.82, 2.24) is 0 Å². The fourth-order valence-corrected chi connectivity index (χ4v) is 2.39. The van der Waals surface area contributed by atoms with Gasteiger partial charge in [-0.1, -0.05) is 55.5 Å². The standard InChI is InChI=1S/C18H22O2/c1-3-14-8-10-15(11-9-14)12-18(19)17-7-5-4-6-16(17)13-20-2/h4-11,18-19H,3,12-13H2,1-2H3. The molecule has 0 amide bonds. The Bertz CT molecular complexity index is 531. The van der Waals surface area contributed by atoms with Crippen molar-refractivity contribution in [3.63, 3.8) is 0 Å². The summed E-state index contributed by atoms with van der Waals surface area (Å²) in [7, 11) is 1.67. The van der Waals surface area contributed by atoms with Gasteiger partial charge < -0.3 is 9.84 Å². The molecule has 0 fully saturated rings. The van der Waals surface area contributed by atoms with Gasteiger partial charge in [-0.05, 0) is 28.7 Å². The van der Waals surface area contributed by atoms with Crippen LogP contribution in [0.15, 0.2) is 48.5 Å². The van der Waals surface area contributed by atoms with Crippen LogP contribution < -0.4 is 0 Å². The number of aliphatic hydroxyl groups is 1. The molecule has 106 valence electrons. The SMILES string of the molecule is CCc1ccc(CC(O)c2ccccc2COC)cc1. The van der Waals surface area contributed by atoms with Gasteiger partial charge in [0.1, 0.15) is 0 Å². The number of aryl methyl sites for hydroxylation is 1. The smallest absolute Gasteiger partial charge is 0.0833 e. The van der Waals surface area contributed by atoms with Crippen molar-refractivity contribution in [2.75, 3.05) is 7.11 Å². The molecule has 0 aromatic heterocycles. The Kier molecular flexibility index (Phi) is 5.33. The first-order valence-electron chi connectivity index (χ1n) is 7.07. The summed E-state index contributed by atoms with van der Waals surface area (Å²) >= 11 is 0. The molecule has 2 rings (SSSR count). The van der Waals surface area contributed by atoms with Crippen LogP contribution in [-0.2, 0) is 24.2 Å². The van der Waals surface area contributed by atoms with Crippen LogP contribution in [0.2, 0.25) is 0 Å². The minimum atomic E-state index is -0.492. The van der Waals surface area contributed by atoms with Gasteiger partial charge in [0, 0.05) is 13.5 Å². The average molecular weight is 270 g/mol. The van der Waals surface area contributed by atoms with E-state index in [1.807, 2.05) is 24.3 Å². The molecular formula is C18H22O2. The molecule has 0 heterocycles. The van der Waals surface area contributed by atoms with Crippen LogP contribution >= 0.6 is 0 Å². The van der Waals surface area contributed by atoms with E-state index in [1.54, 1.807) is 7.11 Å². The first kappa shape index (κ1) is 14.8. The number of hydrogen-bond donors (Lipinski definition) is 1. The Morgan fingerprint density at radius 3 is 2.30 bits per heavy atom. The van der Waals surface area contributed by atoms with E-state index in [-0.39, 0.29) is 0 Å².